The lowest BCUT2D eigenvalue weighted by Gasteiger charge is -2.27. The van der Waals surface area contributed by atoms with Crippen LogP contribution in [0.15, 0.2) is 24.3 Å². The van der Waals surface area contributed by atoms with Crippen molar-refractivity contribution in [1.29, 1.82) is 0 Å². The predicted molar refractivity (Wildman–Crippen MR) is 63.8 cm³/mol. The van der Waals surface area contributed by atoms with Gasteiger partial charge in [0, 0.05) is 6.42 Å². The van der Waals surface area contributed by atoms with Gasteiger partial charge in [0.05, 0.1) is 11.7 Å². The minimum absolute atomic E-state index is 0.160. The highest BCUT2D eigenvalue weighted by atomic mass is 19.4. The van der Waals surface area contributed by atoms with Crippen molar-refractivity contribution in [3.8, 4) is 5.75 Å². The number of ether oxygens (including phenoxy) is 1. The first-order valence-electron chi connectivity index (χ1n) is 5.89. The molecule has 0 aliphatic carbocycles. The number of alkyl halides is 3. The SMILES string of the molecule is CCC(C)(O)C(O)Cc1ccc(OC(F)(F)F)cc1. The van der Waals surface area contributed by atoms with Crippen LogP contribution in [0.1, 0.15) is 25.8 Å². The molecule has 2 N–H and O–H groups in total. The number of aliphatic hydroxyl groups excluding tert-OH is 1. The first kappa shape index (κ1) is 15.8. The Balaban J connectivity index is 2.67. The maximum atomic E-state index is 12.0. The van der Waals surface area contributed by atoms with Gasteiger partial charge in [-0.2, -0.15) is 0 Å². The Morgan fingerprint density at radius 3 is 2.16 bits per heavy atom. The number of benzene rings is 1. The number of hydrogen-bond acceptors (Lipinski definition) is 3. The average molecular weight is 278 g/mol. The molecule has 1 aromatic rings. The topological polar surface area (TPSA) is 49.7 Å². The molecule has 0 heterocycles. The Hall–Kier alpha value is -1.27. The molecule has 0 aromatic heterocycles. The zero-order valence-corrected chi connectivity index (χ0v) is 10.7. The predicted octanol–water partition coefficient (Wildman–Crippen LogP) is 2.65. The van der Waals surface area contributed by atoms with Gasteiger partial charge in [-0.3, -0.25) is 0 Å². The van der Waals surface area contributed by atoms with E-state index in [4.69, 9.17) is 0 Å². The molecule has 0 aliphatic rings. The third kappa shape index (κ3) is 5.08. The maximum absolute atomic E-state index is 12.0. The largest absolute Gasteiger partial charge is 0.573 e. The highest BCUT2D eigenvalue weighted by molar-refractivity contribution is 5.28. The summed E-state index contributed by atoms with van der Waals surface area (Å²) in [5.74, 6) is -0.312. The molecule has 0 aliphatic heterocycles. The zero-order valence-electron chi connectivity index (χ0n) is 10.7. The number of rotatable bonds is 5. The van der Waals surface area contributed by atoms with Crippen LogP contribution in [0, 0.1) is 0 Å². The summed E-state index contributed by atoms with van der Waals surface area (Å²) in [6, 6.07) is 5.21. The maximum Gasteiger partial charge on any atom is 0.573 e. The van der Waals surface area contributed by atoms with Gasteiger partial charge in [0.15, 0.2) is 0 Å². The van der Waals surface area contributed by atoms with E-state index < -0.39 is 18.1 Å². The molecule has 2 atom stereocenters. The van der Waals surface area contributed by atoms with Crippen LogP contribution in [0.3, 0.4) is 0 Å². The van der Waals surface area contributed by atoms with Crippen LogP contribution < -0.4 is 4.74 Å². The molecular formula is C13H17F3O3. The summed E-state index contributed by atoms with van der Waals surface area (Å²) in [7, 11) is 0. The van der Waals surface area contributed by atoms with Crippen molar-refractivity contribution in [3.63, 3.8) is 0 Å². The lowest BCUT2D eigenvalue weighted by Crippen LogP contribution is -2.39. The van der Waals surface area contributed by atoms with Crippen molar-refractivity contribution >= 4 is 0 Å². The number of hydrogen-bond donors (Lipinski definition) is 2. The second-order valence-electron chi connectivity index (χ2n) is 4.62. The molecule has 3 nitrogen and oxygen atoms in total. The Morgan fingerprint density at radius 1 is 1.21 bits per heavy atom. The normalized spacial score (nSPS) is 16.8. The third-order valence-corrected chi connectivity index (χ3v) is 3.02. The van der Waals surface area contributed by atoms with Gasteiger partial charge in [0.25, 0.3) is 0 Å². The van der Waals surface area contributed by atoms with E-state index in [9.17, 15) is 23.4 Å². The van der Waals surface area contributed by atoms with Crippen molar-refractivity contribution in [3.05, 3.63) is 29.8 Å². The van der Waals surface area contributed by atoms with Gasteiger partial charge in [-0.05, 0) is 31.0 Å². The Bertz CT molecular complexity index is 399. The zero-order chi connectivity index (χ0) is 14.7. The summed E-state index contributed by atoms with van der Waals surface area (Å²) in [6.45, 7) is 3.25. The van der Waals surface area contributed by atoms with E-state index in [0.29, 0.717) is 12.0 Å². The molecule has 108 valence electrons. The number of aliphatic hydroxyl groups is 2. The lowest BCUT2D eigenvalue weighted by molar-refractivity contribution is -0.274. The molecule has 0 amide bonds. The Labute approximate surface area is 109 Å². The highest BCUT2D eigenvalue weighted by Crippen LogP contribution is 2.24. The van der Waals surface area contributed by atoms with Gasteiger partial charge >= 0.3 is 6.36 Å². The summed E-state index contributed by atoms with van der Waals surface area (Å²) < 4.78 is 39.6. The summed E-state index contributed by atoms with van der Waals surface area (Å²) in [5, 5.41) is 19.7. The van der Waals surface area contributed by atoms with E-state index in [1.54, 1.807) is 6.92 Å². The summed E-state index contributed by atoms with van der Waals surface area (Å²) >= 11 is 0. The molecule has 0 bridgehead atoms. The van der Waals surface area contributed by atoms with Crippen LogP contribution >= 0.6 is 0 Å². The van der Waals surface area contributed by atoms with E-state index in [2.05, 4.69) is 4.74 Å². The van der Waals surface area contributed by atoms with Gasteiger partial charge in [0.2, 0.25) is 0 Å². The molecule has 6 heteroatoms. The van der Waals surface area contributed by atoms with Crippen molar-refractivity contribution in [2.75, 3.05) is 0 Å². The van der Waals surface area contributed by atoms with Crippen LogP contribution in [0.5, 0.6) is 5.75 Å². The molecule has 19 heavy (non-hydrogen) atoms. The monoisotopic (exact) mass is 278 g/mol. The number of halogens is 3. The lowest BCUT2D eigenvalue weighted by atomic mass is 9.91. The fourth-order valence-corrected chi connectivity index (χ4v) is 1.51. The van der Waals surface area contributed by atoms with Crippen LogP contribution in [0.2, 0.25) is 0 Å². The summed E-state index contributed by atoms with van der Waals surface area (Å²) in [5.41, 5.74) is -0.600. The van der Waals surface area contributed by atoms with E-state index >= 15 is 0 Å². The fourth-order valence-electron chi connectivity index (χ4n) is 1.51. The van der Waals surface area contributed by atoms with Crippen molar-refractivity contribution in [1.82, 2.24) is 0 Å². The van der Waals surface area contributed by atoms with Gasteiger partial charge in [-0.15, -0.1) is 13.2 Å². The van der Waals surface area contributed by atoms with Gasteiger partial charge in [0.1, 0.15) is 5.75 Å². The molecular weight excluding hydrogens is 261 g/mol. The first-order valence-corrected chi connectivity index (χ1v) is 5.89. The van der Waals surface area contributed by atoms with Gasteiger partial charge < -0.3 is 14.9 Å². The van der Waals surface area contributed by atoms with Crippen LogP contribution in [0.25, 0.3) is 0 Å². The van der Waals surface area contributed by atoms with E-state index in [1.807, 2.05) is 0 Å². The standard InChI is InChI=1S/C13H17F3O3/c1-3-12(2,18)11(17)8-9-4-6-10(7-5-9)19-13(14,15)16/h4-7,11,17-18H,3,8H2,1-2H3. The second-order valence-corrected chi connectivity index (χ2v) is 4.62. The minimum atomic E-state index is -4.72. The van der Waals surface area contributed by atoms with Gasteiger partial charge in [-0.1, -0.05) is 19.1 Å². The molecule has 0 fully saturated rings. The summed E-state index contributed by atoms with van der Waals surface area (Å²) in [6.07, 6.45) is -5.16. The van der Waals surface area contributed by atoms with Crippen molar-refractivity contribution < 1.29 is 28.1 Å². The van der Waals surface area contributed by atoms with Crippen molar-refractivity contribution in [2.45, 2.75) is 44.8 Å². The van der Waals surface area contributed by atoms with E-state index in [0.717, 1.165) is 0 Å². The van der Waals surface area contributed by atoms with E-state index in [1.165, 1.54) is 31.2 Å². The molecule has 0 saturated heterocycles. The summed E-state index contributed by atoms with van der Waals surface area (Å²) in [4.78, 5) is 0. The Morgan fingerprint density at radius 2 is 1.74 bits per heavy atom. The molecule has 1 rings (SSSR count). The molecule has 0 saturated carbocycles. The van der Waals surface area contributed by atoms with Crippen LogP contribution in [-0.2, 0) is 6.42 Å². The van der Waals surface area contributed by atoms with Gasteiger partial charge in [-0.25, -0.2) is 0 Å². The Kier molecular flexibility index (Phi) is 4.81. The molecule has 1 aromatic carbocycles. The fraction of sp³-hybridized carbons (Fsp3) is 0.538. The highest BCUT2D eigenvalue weighted by Gasteiger charge is 2.31. The smallest absolute Gasteiger partial charge is 0.406 e. The minimum Gasteiger partial charge on any atom is -0.406 e. The van der Waals surface area contributed by atoms with Crippen molar-refractivity contribution in [2.24, 2.45) is 0 Å². The van der Waals surface area contributed by atoms with Crippen LogP contribution in [-0.4, -0.2) is 28.3 Å². The third-order valence-electron chi connectivity index (χ3n) is 3.02. The molecule has 2 unspecified atom stereocenters. The first-order chi connectivity index (χ1) is 8.64. The second kappa shape index (κ2) is 5.79. The van der Waals surface area contributed by atoms with E-state index in [-0.39, 0.29) is 12.2 Å². The average Bonchev–Trinajstić information content (AvgIpc) is 2.29. The quantitative estimate of drug-likeness (QED) is 0.870. The van der Waals surface area contributed by atoms with Crippen LogP contribution in [0.4, 0.5) is 13.2 Å². The molecule has 0 spiro atoms. The molecule has 0 radical (unpaired) electrons.